The Kier molecular flexibility index (Phi) is 3.49. The zero-order chi connectivity index (χ0) is 15.0. The van der Waals surface area contributed by atoms with Crippen molar-refractivity contribution in [2.24, 2.45) is 0 Å². The van der Waals surface area contributed by atoms with Gasteiger partial charge in [0.1, 0.15) is 5.25 Å². The molecule has 2 aromatic rings. The molecular formula is C15H18N2O3S. The quantitative estimate of drug-likeness (QED) is 0.922. The van der Waals surface area contributed by atoms with Crippen LogP contribution in [0.2, 0.25) is 0 Å². The molecule has 0 bridgehead atoms. The molecule has 2 heterocycles. The summed E-state index contributed by atoms with van der Waals surface area (Å²) in [6.07, 6.45) is 2.15. The Morgan fingerprint density at radius 1 is 1.33 bits per heavy atom. The summed E-state index contributed by atoms with van der Waals surface area (Å²) in [5, 5.41) is 3.17. The molecule has 1 unspecified atom stereocenters. The van der Waals surface area contributed by atoms with Crippen LogP contribution in [-0.4, -0.2) is 19.3 Å². The number of nitrogens with zero attached hydrogens (tertiary/aromatic N) is 1. The molecule has 6 heteroatoms. The average molecular weight is 306 g/mol. The van der Waals surface area contributed by atoms with E-state index in [-0.39, 0.29) is 11.6 Å². The van der Waals surface area contributed by atoms with Crippen LogP contribution in [0, 0.1) is 6.92 Å². The van der Waals surface area contributed by atoms with Crippen molar-refractivity contribution in [1.29, 1.82) is 0 Å². The van der Waals surface area contributed by atoms with Crippen molar-refractivity contribution in [1.82, 2.24) is 5.16 Å². The second-order valence-electron chi connectivity index (χ2n) is 5.53. The Labute approximate surface area is 124 Å². The van der Waals surface area contributed by atoms with Gasteiger partial charge in [-0.05, 0) is 25.3 Å². The molecule has 0 radical (unpaired) electrons. The fraction of sp³-hybridized carbons (Fsp3) is 0.400. The Hall–Kier alpha value is -1.82. The highest BCUT2D eigenvalue weighted by Crippen LogP contribution is 2.41. The van der Waals surface area contributed by atoms with Gasteiger partial charge in [0.05, 0.1) is 11.3 Å². The number of hydrogen-bond acceptors (Lipinski definition) is 5. The molecule has 0 saturated carbocycles. The van der Waals surface area contributed by atoms with Crippen LogP contribution < -0.4 is 5.73 Å². The SMILES string of the molecule is Cc1cccc(-c2c(N)noc2C2CCCCS2(=O)=O)c1. The second-order valence-corrected chi connectivity index (χ2v) is 7.83. The monoisotopic (exact) mass is 306 g/mol. The van der Waals surface area contributed by atoms with Gasteiger partial charge in [-0.3, -0.25) is 0 Å². The number of benzene rings is 1. The highest BCUT2D eigenvalue weighted by molar-refractivity contribution is 7.91. The van der Waals surface area contributed by atoms with Crippen LogP contribution in [0.25, 0.3) is 11.1 Å². The van der Waals surface area contributed by atoms with E-state index in [0.717, 1.165) is 17.5 Å². The molecule has 1 aromatic carbocycles. The predicted molar refractivity (Wildman–Crippen MR) is 81.5 cm³/mol. The van der Waals surface area contributed by atoms with E-state index in [1.54, 1.807) is 0 Å². The third-order valence-corrected chi connectivity index (χ3v) is 6.10. The summed E-state index contributed by atoms with van der Waals surface area (Å²) < 4.78 is 29.9. The van der Waals surface area contributed by atoms with Gasteiger partial charge in [-0.1, -0.05) is 41.4 Å². The zero-order valence-corrected chi connectivity index (χ0v) is 12.7. The number of nitrogens with two attached hydrogens (primary N) is 1. The van der Waals surface area contributed by atoms with Gasteiger partial charge in [0.15, 0.2) is 21.4 Å². The molecule has 1 fully saturated rings. The Bertz CT molecular complexity index is 765. The van der Waals surface area contributed by atoms with E-state index in [4.69, 9.17) is 10.3 Å². The van der Waals surface area contributed by atoms with E-state index in [1.165, 1.54) is 0 Å². The average Bonchev–Trinajstić information content (AvgIpc) is 2.80. The topological polar surface area (TPSA) is 86.2 Å². The van der Waals surface area contributed by atoms with Gasteiger partial charge in [0.2, 0.25) is 0 Å². The predicted octanol–water partition coefficient (Wildman–Crippen LogP) is 2.87. The standard InChI is InChI=1S/C15H18N2O3S/c1-10-5-4-6-11(9-10)13-14(20-17-15(13)16)12-7-2-3-8-21(12,18)19/h4-6,9,12H,2-3,7-8H2,1H3,(H2,16,17). The summed E-state index contributed by atoms with van der Waals surface area (Å²) in [5.41, 5.74) is 8.46. The van der Waals surface area contributed by atoms with Gasteiger partial charge < -0.3 is 10.3 Å². The van der Waals surface area contributed by atoms with Crippen molar-refractivity contribution < 1.29 is 12.9 Å². The minimum Gasteiger partial charge on any atom is -0.380 e. The van der Waals surface area contributed by atoms with Gasteiger partial charge >= 0.3 is 0 Å². The van der Waals surface area contributed by atoms with Crippen molar-refractivity contribution in [2.45, 2.75) is 31.4 Å². The lowest BCUT2D eigenvalue weighted by Gasteiger charge is -2.20. The molecule has 1 aliphatic rings. The van der Waals surface area contributed by atoms with E-state index in [9.17, 15) is 8.42 Å². The molecule has 1 saturated heterocycles. The van der Waals surface area contributed by atoms with Crippen molar-refractivity contribution in [3.63, 3.8) is 0 Å². The third kappa shape index (κ3) is 2.55. The molecule has 2 N–H and O–H groups in total. The number of aromatic nitrogens is 1. The third-order valence-electron chi connectivity index (χ3n) is 3.92. The van der Waals surface area contributed by atoms with Crippen LogP contribution in [-0.2, 0) is 9.84 Å². The van der Waals surface area contributed by atoms with Crippen molar-refractivity contribution >= 4 is 15.7 Å². The molecule has 0 spiro atoms. The smallest absolute Gasteiger partial charge is 0.175 e. The van der Waals surface area contributed by atoms with E-state index in [0.29, 0.717) is 24.2 Å². The van der Waals surface area contributed by atoms with Crippen LogP contribution >= 0.6 is 0 Å². The van der Waals surface area contributed by atoms with Gasteiger partial charge in [0.25, 0.3) is 0 Å². The first kappa shape index (κ1) is 14.1. The van der Waals surface area contributed by atoms with Crippen LogP contribution in [0.5, 0.6) is 0 Å². The molecule has 1 aliphatic heterocycles. The second kappa shape index (κ2) is 5.18. The number of anilines is 1. The maximum Gasteiger partial charge on any atom is 0.175 e. The van der Waals surface area contributed by atoms with Crippen LogP contribution in [0.4, 0.5) is 5.82 Å². The molecule has 0 amide bonds. The summed E-state index contributed by atoms with van der Waals surface area (Å²) >= 11 is 0. The van der Waals surface area contributed by atoms with E-state index in [2.05, 4.69) is 5.16 Å². The molecule has 3 rings (SSSR count). The Morgan fingerprint density at radius 3 is 2.86 bits per heavy atom. The van der Waals surface area contributed by atoms with Gasteiger partial charge in [-0.15, -0.1) is 0 Å². The first-order chi connectivity index (χ1) is 9.99. The molecule has 0 aliphatic carbocycles. The van der Waals surface area contributed by atoms with E-state index >= 15 is 0 Å². The highest BCUT2D eigenvalue weighted by atomic mass is 32.2. The number of rotatable bonds is 2. The van der Waals surface area contributed by atoms with Crippen LogP contribution in [0.15, 0.2) is 28.8 Å². The van der Waals surface area contributed by atoms with E-state index in [1.807, 2.05) is 31.2 Å². The maximum atomic E-state index is 12.3. The lowest BCUT2D eigenvalue weighted by atomic mass is 10.0. The molecule has 21 heavy (non-hydrogen) atoms. The fourth-order valence-electron chi connectivity index (χ4n) is 2.88. The minimum atomic E-state index is -3.19. The van der Waals surface area contributed by atoms with Gasteiger partial charge in [-0.25, -0.2) is 8.42 Å². The van der Waals surface area contributed by atoms with Crippen molar-refractivity contribution in [3.8, 4) is 11.1 Å². The molecule has 5 nitrogen and oxygen atoms in total. The minimum absolute atomic E-state index is 0.200. The zero-order valence-electron chi connectivity index (χ0n) is 11.9. The number of sulfone groups is 1. The first-order valence-corrected chi connectivity index (χ1v) is 8.74. The lowest BCUT2D eigenvalue weighted by Crippen LogP contribution is -2.21. The van der Waals surface area contributed by atoms with Gasteiger partial charge in [-0.2, -0.15) is 0 Å². The van der Waals surface area contributed by atoms with Gasteiger partial charge in [0, 0.05) is 0 Å². The summed E-state index contributed by atoms with van der Waals surface area (Å²) in [5.74, 6) is 0.833. The number of hydrogen-bond donors (Lipinski definition) is 1. The van der Waals surface area contributed by atoms with Crippen LogP contribution in [0.1, 0.15) is 35.8 Å². The normalized spacial score (nSPS) is 21.3. The Morgan fingerprint density at radius 2 is 2.14 bits per heavy atom. The van der Waals surface area contributed by atoms with Crippen molar-refractivity contribution in [3.05, 3.63) is 35.6 Å². The molecular weight excluding hydrogens is 288 g/mol. The highest BCUT2D eigenvalue weighted by Gasteiger charge is 2.36. The number of aryl methyl sites for hydroxylation is 1. The molecule has 1 atom stereocenters. The lowest BCUT2D eigenvalue weighted by molar-refractivity contribution is 0.372. The van der Waals surface area contributed by atoms with Crippen molar-refractivity contribution in [2.75, 3.05) is 11.5 Å². The van der Waals surface area contributed by atoms with E-state index < -0.39 is 15.1 Å². The summed E-state index contributed by atoms with van der Waals surface area (Å²) in [4.78, 5) is 0. The first-order valence-electron chi connectivity index (χ1n) is 7.02. The largest absolute Gasteiger partial charge is 0.380 e. The summed E-state index contributed by atoms with van der Waals surface area (Å²) in [7, 11) is -3.19. The fourth-order valence-corrected chi connectivity index (χ4v) is 4.78. The Balaban J connectivity index is 2.13. The van der Waals surface area contributed by atoms with Crippen LogP contribution in [0.3, 0.4) is 0 Å². The summed E-state index contributed by atoms with van der Waals surface area (Å²) in [6, 6.07) is 7.75. The number of nitrogen functional groups attached to an aromatic ring is 1. The molecule has 112 valence electrons. The summed E-state index contributed by atoms with van der Waals surface area (Å²) in [6.45, 7) is 1.98. The molecule has 1 aromatic heterocycles. The maximum absolute atomic E-state index is 12.3.